The van der Waals surface area contributed by atoms with Crippen molar-refractivity contribution in [2.75, 3.05) is 53.7 Å². The number of rotatable bonds is 32. The molecule has 0 bridgehead atoms. The summed E-state index contributed by atoms with van der Waals surface area (Å²) in [7, 11) is -6.57. The van der Waals surface area contributed by atoms with Crippen LogP contribution in [0.4, 0.5) is 0 Å². The van der Waals surface area contributed by atoms with Crippen LogP contribution in [0, 0.1) is 55.3 Å². The van der Waals surface area contributed by atoms with Crippen molar-refractivity contribution in [2.24, 2.45) is 11.8 Å². The van der Waals surface area contributed by atoms with Gasteiger partial charge in [0.15, 0.2) is 0 Å². The van der Waals surface area contributed by atoms with Crippen molar-refractivity contribution in [1.82, 2.24) is 38.9 Å². The average molecular weight is 1280 g/mol. The highest BCUT2D eigenvalue weighted by atomic mass is 31.2. The Balaban J connectivity index is 1.17. The molecule has 13 unspecified atom stereocenters. The third-order valence-corrected chi connectivity index (χ3v) is 17.3. The highest BCUT2D eigenvalue weighted by Gasteiger charge is 2.48. The number of hydrogen-bond acceptors (Lipinski definition) is 25. The molecule has 3 aromatic rings. The summed E-state index contributed by atoms with van der Waals surface area (Å²) in [5, 5.41) is 21.4. The Labute approximate surface area is 502 Å². The molecule has 3 aromatic heterocycles. The monoisotopic (exact) mass is 1280 g/mol. The molecule has 6 heterocycles. The van der Waals surface area contributed by atoms with Gasteiger partial charge in [0.2, 0.25) is 11.8 Å². The van der Waals surface area contributed by atoms with Crippen LogP contribution < -0.4 is 39.1 Å². The van der Waals surface area contributed by atoms with Crippen molar-refractivity contribution in [3.8, 4) is 12.1 Å². The van der Waals surface area contributed by atoms with Crippen molar-refractivity contribution >= 4 is 39.4 Å². The van der Waals surface area contributed by atoms with E-state index in [1.54, 1.807) is 27.9 Å². The minimum absolute atomic E-state index is 0.0254. The van der Waals surface area contributed by atoms with Crippen LogP contribution in [0.2, 0.25) is 0 Å². The van der Waals surface area contributed by atoms with Crippen molar-refractivity contribution in [3.63, 3.8) is 0 Å². The van der Waals surface area contributed by atoms with E-state index in [0.29, 0.717) is 12.8 Å². The van der Waals surface area contributed by atoms with Gasteiger partial charge in [0, 0.05) is 87.5 Å². The lowest BCUT2D eigenvalue weighted by molar-refractivity contribution is -0.154. The Morgan fingerprint density at radius 1 is 0.693 bits per heavy atom. The van der Waals surface area contributed by atoms with Crippen LogP contribution in [0.5, 0.6) is 0 Å². The smallest absolute Gasteiger partial charge is 0.465 e. The molecule has 13 atom stereocenters. The molecule has 0 radical (unpaired) electrons. The van der Waals surface area contributed by atoms with E-state index < -0.39 is 168 Å². The molecule has 0 saturated carbocycles. The summed E-state index contributed by atoms with van der Waals surface area (Å²) in [4.78, 5) is 135. The number of carbonyl (C=O) groups excluding carboxylic acids is 4. The number of H-pyrrole nitrogens is 3. The topological polar surface area (TPSA) is 431 Å². The molecular formula is C53H74N10O23P2. The predicted molar refractivity (Wildman–Crippen MR) is 303 cm³/mol. The molecule has 3 saturated heterocycles. The first-order chi connectivity index (χ1) is 41.7. The molecule has 0 aliphatic carbocycles. The largest absolute Gasteiger partial charge is 0.475 e. The van der Waals surface area contributed by atoms with Gasteiger partial charge in [0.1, 0.15) is 43.1 Å². The molecule has 88 heavy (non-hydrogen) atoms. The number of nitriles is 2. The number of phosphoric acid groups is 2. The number of aromatic nitrogens is 6. The van der Waals surface area contributed by atoms with Gasteiger partial charge in [0.25, 0.3) is 16.7 Å². The summed E-state index contributed by atoms with van der Waals surface area (Å²) in [5.74, 6) is -2.94. The van der Waals surface area contributed by atoms with Crippen LogP contribution in [-0.2, 0) is 79.1 Å². The molecule has 3 aliphatic heterocycles. The number of aromatic amines is 3. The minimum Gasteiger partial charge on any atom is -0.465 e. The first-order valence-corrected chi connectivity index (χ1v) is 31.2. The van der Waals surface area contributed by atoms with Crippen LogP contribution in [-0.4, -0.2) is 148 Å². The molecule has 33 nitrogen and oxygen atoms in total. The standard InChI is InChI=1S/C53H74N10O23P2/c1-9-35(49(69)60(7)8)21-30(2)50(70)76-18-12-17-56-41(64)13-14-45(65)84-37-23-43(62-26-32(4)47(67)58-52(62)72)82-39(37)28-79-88(75,78-20-11-16-55)86-38-24-44(63-27-33(5)48(68)59-53(63)73)83-40(38)29-80-87(74,77-19-10-15-54)85-36-22-42(81-34(36)6)61-25-31(3)46(66)57-51(61)71/h25-27,30,34-40,42-44H,9-14,17-24,28-29H2,1-8H3,(H,56,64)(H,57,66,71)(H,58,67,72)(H,59,68,73). The van der Waals surface area contributed by atoms with Crippen LogP contribution in [0.25, 0.3) is 0 Å². The van der Waals surface area contributed by atoms with E-state index in [0.717, 1.165) is 13.7 Å². The van der Waals surface area contributed by atoms with E-state index in [-0.39, 0.29) is 80.2 Å². The maximum atomic E-state index is 15.0. The van der Waals surface area contributed by atoms with Gasteiger partial charge in [-0.2, -0.15) is 10.5 Å². The van der Waals surface area contributed by atoms with E-state index in [1.165, 1.54) is 44.3 Å². The van der Waals surface area contributed by atoms with Gasteiger partial charge in [-0.05, 0) is 47.0 Å². The number of amides is 2. The highest BCUT2D eigenvalue weighted by molar-refractivity contribution is 7.48. The number of ether oxygens (including phenoxy) is 5. The van der Waals surface area contributed by atoms with E-state index >= 15 is 0 Å². The summed E-state index contributed by atoms with van der Waals surface area (Å²) in [6.45, 7) is 6.78. The number of hydrogen-bond donors (Lipinski definition) is 4. The lowest BCUT2D eigenvalue weighted by Crippen LogP contribution is -2.34. The number of nitrogens with one attached hydrogen (secondary N) is 4. The number of nitrogens with zero attached hydrogens (tertiary/aromatic N) is 6. The van der Waals surface area contributed by atoms with E-state index in [2.05, 4.69) is 20.3 Å². The Hall–Kier alpha value is -7.00. The summed E-state index contributed by atoms with van der Waals surface area (Å²) in [5.41, 5.74) is -4.27. The second-order valence-corrected chi connectivity index (χ2v) is 24.6. The maximum Gasteiger partial charge on any atom is 0.475 e. The third kappa shape index (κ3) is 19.3. The second kappa shape index (κ2) is 32.0. The molecule has 35 heteroatoms. The minimum atomic E-state index is -5.04. The molecular weight excluding hydrogens is 1210 g/mol. The molecule has 0 spiro atoms. The first-order valence-electron chi connectivity index (χ1n) is 28.3. The maximum absolute atomic E-state index is 15.0. The van der Waals surface area contributed by atoms with Gasteiger partial charge in [-0.1, -0.05) is 13.8 Å². The van der Waals surface area contributed by atoms with Crippen LogP contribution in [0.15, 0.2) is 47.4 Å². The summed E-state index contributed by atoms with van der Waals surface area (Å²) in [6.07, 6.45) is -8.84. The molecule has 484 valence electrons. The van der Waals surface area contributed by atoms with Gasteiger partial charge in [-0.15, -0.1) is 0 Å². The molecule has 3 aliphatic rings. The fourth-order valence-corrected chi connectivity index (χ4v) is 12.3. The van der Waals surface area contributed by atoms with Gasteiger partial charge in [0.05, 0.1) is 82.6 Å². The van der Waals surface area contributed by atoms with Crippen molar-refractivity contribution in [1.29, 1.82) is 10.5 Å². The van der Waals surface area contributed by atoms with Crippen LogP contribution >= 0.6 is 15.6 Å². The average Bonchev–Trinajstić information content (AvgIpc) is 2.28. The van der Waals surface area contributed by atoms with E-state index in [4.69, 9.17) is 50.8 Å². The first kappa shape index (κ1) is 70.1. The SMILES string of the molecule is CCC(CC(C)C(=O)OCCCNC(=O)CCC(=O)OC1CC(n2cc(C)c(=O)[nH]c2=O)OC1COP(=O)(OCCC#N)OC1CC(n2cc(C)c(=O)[nH]c2=O)OC1COP(=O)(OCCC#N)OC1CC(n2cc(C)c(=O)[nH]c2=O)OC1C)C(=O)N(C)C. The zero-order chi connectivity index (χ0) is 64.6. The lowest BCUT2D eigenvalue weighted by atomic mass is 9.92. The fraction of sp³-hybridized carbons (Fsp3) is 0.660. The van der Waals surface area contributed by atoms with Gasteiger partial charge in [-0.25, -0.2) is 23.5 Å². The molecule has 4 N–H and O–H groups in total. The van der Waals surface area contributed by atoms with Gasteiger partial charge < -0.3 is 33.9 Å². The van der Waals surface area contributed by atoms with Crippen molar-refractivity contribution in [2.45, 2.75) is 161 Å². The van der Waals surface area contributed by atoms with E-state index in [1.807, 2.05) is 19.1 Å². The van der Waals surface area contributed by atoms with Crippen LogP contribution in [0.1, 0.15) is 120 Å². The predicted octanol–water partition coefficient (Wildman–Crippen LogP) is 2.21. The lowest BCUT2D eigenvalue weighted by Gasteiger charge is -2.27. The summed E-state index contributed by atoms with van der Waals surface area (Å²) >= 11 is 0. The normalized spacial score (nSPS) is 23.6. The zero-order valence-electron chi connectivity index (χ0n) is 49.9. The summed E-state index contributed by atoms with van der Waals surface area (Å²) in [6, 6.07) is 3.68. The van der Waals surface area contributed by atoms with E-state index in [9.17, 15) is 67.6 Å². The molecule has 3 fully saturated rings. The van der Waals surface area contributed by atoms with Crippen molar-refractivity contribution in [3.05, 3.63) is 97.8 Å². The zero-order valence-corrected chi connectivity index (χ0v) is 51.7. The van der Waals surface area contributed by atoms with Gasteiger partial charge >= 0.3 is 44.7 Å². The molecule has 6 rings (SSSR count). The van der Waals surface area contributed by atoms with Crippen molar-refractivity contribution < 1.29 is 79.1 Å². The molecule has 2 amide bonds. The Bertz CT molecular complexity index is 3530. The van der Waals surface area contributed by atoms with Gasteiger partial charge in [-0.3, -0.25) is 89.4 Å². The number of phosphoric ester groups is 2. The Morgan fingerprint density at radius 2 is 1.15 bits per heavy atom. The Kier molecular flexibility index (Phi) is 25.5. The Morgan fingerprint density at radius 3 is 1.62 bits per heavy atom. The number of aryl methyl sites for hydroxylation is 3. The quantitative estimate of drug-likeness (QED) is 0.0395. The summed E-state index contributed by atoms with van der Waals surface area (Å²) < 4.78 is 97.0. The number of esters is 2. The molecule has 0 aromatic carbocycles. The highest BCUT2D eigenvalue weighted by Crippen LogP contribution is 2.56. The fourth-order valence-electron chi connectivity index (χ4n) is 9.51. The second-order valence-electron chi connectivity index (χ2n) is 21.3. The van der Waals surface area contributed by atoms with Crippen LogP contribution in [0.3, 0.4) is 0 Å². The third-order valence-electron chi connectivity index (χ3n) is 14.4. The number of carbonyl (C=O) groups is 4.